The predicted molar refractivity (Wildman–Crippen MR) is 91.5 cm³/mol. The fourth-order valence-corrected chi connectivity index (χ4v) is 2.93. The van der Waals surface area contributed by atoms with E-state index in [0.717, 1.165) is 31.8 Å². The molecule has 0 bridgehead atoms. The van der Waals surface area contributed by atoms with Gasteiger partial charge in [0, 0.05) is 35.9 Å². The van der Waals surface area contributed by atoms with Gasteiger partial charge in [0.1, 0.15) is 5.82 Å². The summed E-state index contributed by atoms with van der Waals surface area (Å²) in [4.78, 5) is 4.53. The van der Waals surface area contributed by atoms with Crippen LogP contribution in [0.1, 0.15) is 43.3 Å². The Bertz CT molecular complexity index is 577. The number of nitrogens with zero attached hydrogens (tertiary/aromatic N) is 2. The molecule has 2 rings (SSSR count). The number of halogens is 1. The average molecular weight is 350 g/mol. The first kappa shape index (κ1) is 16.2. The molecule has 0 aliphatic rings. The number of aromatic nitrogens is 2. The molecule has 0 saturated carbocycles. The SMILES string of the molecule is CCCn1ccnc1CC(NCC)c1ccc(C)c(Br)c1. The summed E-state index contributed by atoms with van der Waals surface area (Å²) in [6, 6.07) is 6.89. The molecule has 1 unspecified atom stereocenters. The van der Waals surface area contributed by atoms with E-state index in [9.17, 15) is 0 Å². The van der Waals surface area contributed by atoms with Crippen molar-refractivity contribution in [2.45, 2.75) is 46.2 Å². The fraction of sp³-hybridized carbons (Fsp3) is 0.471. The van der Waals surface area contributed by atoms with Crippen LogP contribution in [-0.4, -0.2) is 16.1 Å². The molecule has 2 aromatic rings. The lowest BCUT2D eigenvalue weighted by atomic mass is 10.0. The highest BCUT2D eigenvalue weighted by atomic mass is 79.9. The van der Waals surface area contributed by atoms with E-state index < -0.39 is 0 Å². The topological polar surface area (TPSA) is 29.9 Å². The maximum absolute atomic E-state index is 4.53. The number of imidazole rings is 1. The zero-order valence-electron chi connectivity index (χ0n) is 13.1. The molecule has 4 heteroatoms. The summed E-state index contributed by atoms with van der Waals surface area (Å²) < 4.78 is 3.42. The third kappa shape index (κ3) is 4.17. The van der Waals surface area contributed by atoms with Gasteiger partial charge in [0.15, 0.2) is 0 Å². The van der Waals surface area contributed by atoms with E-state index in [0.29, 0.717) is 6.04 Å². The van der Waals surface area contributed by atoms with Crippen molar-refractivity contribution in [1.29, 1.82) is 0 Å². The molecule has 1 aromatic heterocycles. The molecule has 3 nitrogen and oxygen atoms in total. The Morgan fingerprint density at radius 3 is 2.81 bits per heavy atom. The molecule has 0 aliphatic carbocycles. The summed E-state index contributed by atoms with van der Waals surface area (Å²) in [6.45, 7) is 8.44. The van der Waals surface area contributed by atoms with Crippen LogP contribution in [0.3, 0.4) is 0 Å². The van der Waals surface area contributed by atoms with E-state index in [4.69, 9.17) is 0 Å². The van der Waals surface area contributed by atoms with Crippen LogP contribution in [0, 0.1) is 6.92 Å². The van der Waals surface area contributed by atoms with Crippen molar-refractivity contribution < 1.29 is 0 Å². The Morgan fingerprint density at radius 1 is 1.33 bits per heavy atom. The zero-order chi connectivity index (χ0) is 15.2. The average Bonchev–Trinajstić information content (AvgIpc) is 2.89. The van der Waals surface area contributed by atoms with Gasteiger partial charge >= 0.3 is 0 Å². The number of aryl methyl sites for hydroxylation is 2. The van der Waals surface area contributed by atoms with Gasteiger partial charge < -0.3 is 9.88 Å². The van der Waals surface area contributed by atoms with Gasteiger partial charge in [0.05, 0.1) is 0 Å². The van der Waals surface area contributed by atoms with E-state index in [1.807, 2.05) is 6.20 Å². The summed E-state index contributed by atoms with van der Waals surface area (Å²) in [5.74, 6) is 1.15. The third-order valence-corrected chi connectivity index (χ3v) is 4.56. The largest absolute Gasteiger partial charge is 0.335 e. The van der Waals surface area contributed by atoms with Gasteiger partial charge in [-0.1, -0.05) is 41.9 Å². The summed E-state index contributed by atoms with van der Waals surface area (Å²) in [6.07, 6.45) is 6.02. The molecule has 0 amide bonds. The number of nitrogens with one attached hydrogen (secondary N) is 1. The molecule has 0 fully saturated rings. The summed E-state index contributed by atoms with van der Waals surface area (Å²) >= 11 is 3.63. The van der Waals surface area contributed by atoms with Gasteiger partial charge in [-0.15, -0.1) is 0 Å². The molecule has 0 radical (unpaired) electrons. The molecule has 1 heterocycles. The quantitative estimate of drug-likeness (QED) is 0.809. The Kier molecular flexibility index (Phi) is 6.00. The maximum Gasteiger partial charge on any atom is 0.110 e. The van der Waals surface area contributed by atoms with Gasteiger partial charge in [0.2, 0.25) is 0 Å². The number of hydrogen-bond donors (Lipinski definition) is 1. The van der Waals surface area contributed by atoms with Crippen molar-refractivity contribution in [1.82, 2.24) is 14.9 Å². The fourth-order valence-electron chi connectivity index (χ4n) is 2.54. The van der Waals surface area contributed by atoms with E-state index in [1.54, 1.807) is 0 Å². The molecule has 21 heavy (non-hydrogen) atoms. The lowest BCUT2D eigenvalue weighted by Crippen LogP contribution is -2.24. The Morgan fingerprint density at radius 2 is 2.14 bits per heavy atom. The van der Waals surface area contributed by atoms with Crippen molar-refractivity contribution in [3.63, 3.8) is 0 Å². The molecule has 1 aromatic carbocycles. The number of hydrogen-bond acceptors (Lipinski definition) is 2. The van der Waals surface area contributed by atoms with Crippen LogP contribution in [-0.2, 0) is 13.0 Å². The van der Waals surface area contributed by atoms with Gasteiger partial charge in [-0.25, -0.2) is 4.98 Å². The molecule has 1 N–H and O–H groups in total. The second kappa shape index (κ2) is 7.76. The van der Waals surface area contributed by atoms with Crippen molar-refractivity contribution in [2.75, 3.05) is 6.54 Å². The van der Waals surface area contributed by atoms with Crippen LogP contribution in [0.2, 0.25) is 0 Å². The van der Waals surface area contributed by atoms with Crippen molar-refractivity contribution >= 4 is 15.9 Å². The second-order valence-corrected chi connectivity index (χ2v) is 6.21. The van der Waals surface area contributed by atoms with Crippen molar-refractivity contribution in [3.05, 3.63) is 52.0 Å². The van der Waals surface area contributed by atoms with Gasteiger partial charge in [-0.2, -0.15) is 0 Å². The van der Waals surface area contributed by atoms with Crippen molar-refractivity contribution in [2.24, 2.45) is 0 Å². The van der Waals surface area contributed by atoms with E-state index in [-0.39, 0.29) is 0 Å². The minimum absolute atomic E-state index is 0.296. The van der Waals surface area contributed by atoms with E-state index in [2.05, 4.69) is 76.0 Å². The highest BCUT2D eigenvalue weighted by Gasteiger charge is 2.15. The molecule has 114 valence electrons. The molecule has 0 spiro atoms. The molecule has 0 aliphatic heterocycles. The predicted octanol–water partition coefficient (Wildman–Crippen LogP) is 4.26. The first-order chi connectivity index (χ1) is 10.2. The van der Waals surface area contributed by atoms with E-state index in [1.165, 1.54) is 15.6 Å². The van der Waals surface area contributed by atoms with Crippen LogP contribution in [0.4, 0.5) is 0 Å². The Balaban J connectivity index is 2.22. The highest BCUT2D eigenvalue weighted by molar-refractivity contribution is 9.10. The molecular formula is C17H24BrN3. The second-order valence-electron chi connectivity index (χ2n) is 5.36. The molecule has 1 atom stereocenters. The first-order valence-corrected chi connectivity index (χ1v) is 8.44. The minimum atomic E-state index is 0.296. The highest BCUT2D eigenvalue weighted by Crippen LogP contribution is 2.24. The summed E-state index contributed by atoms with van der Waals surface area (Å²) in [5.41, 5.74) is 2.57. The van der Waals surface area contributed by atoms with Crippen LogP contribution in [0.15, 0.2) is 35.1 Å². The summed E-state index contributed by atoms with van der Waals surface area (Å²) in [7, 11) is 0. The smallest absolute Gasteiger partial charge is 0.110 e. The number of rotatable bonds is 7. The number of benzene rings is 1. The maximum atomic E-state index is 4.53. The normalized spacial score (nSPS) is 12.6. The van der Waals surface area contributed by atoms with Crippen LogP contribution < -0.4 is 5.32 Å². The Labute approximate surface area is 135 Å². The van der Waals surface area contributed by atoms with Gasteiger partial charge in [-0.3, -0.25) is 0 Å². The van der Waals surface area contributed by atoms with E-state index >= 15 is 0 Å². The van der Waals surface area contributed by atoms with Crippen LogP contribution >= 0.6 is 15.9 Å². The van der Waals surface area contributed by atoms with Crippen LogP contribution in [0.5, 0.6) is 0 Å². The Hall–Kier alpha value is -1.13. The van der Waals surface area contributed by atoms with Crippen molar-refractivity contribution in [3.8, 4) is 0 Å². The first-order valence-electron chi connectivity index (χ1n) is 7.65. The summed E-state index contributed by atoms with van der Waals surface area (Å²) in [5, 5.41) is 3.58. The third-order valence-electron chi connectivity index (χ3n) is 3.70. The lowest BCUT2D eigenvalue weighted by molar-refractivity contribution is 0.516. The zero-order valence-corrected chi connectivity index (χ0v) is 14.7. The van der Waals surface area contributed by atoms with Crippen LogP contribution in [0.25, 0.3) is 0 Å². The molecule has 0 saturated heterocycles. The molecular weight excluding hydrogens is 326 g/mol. The van der Waals surface area contributed by atoms with Gasteiger partial charge in [0.25, 0.3) is 0 Å². The number of likely N-dealkylation sites (N-methyl/N-ethyl adjacent to an activating group) is 1. The minimum Gasteiger partial charge on any atom is -0.335 e. The monoisotopic (exact) mass is 349 g/mol. The lowest BCUT2D eigenvalue weighted by Gasteiger charge is -2.19. The van der Waals surface area contributed by atoms with Gasteiger partial charge in [-0.05, 0) is 37.1 Å². The standard InChI is InChI=1S/C17H24BrN3/c1-4-9-21-10-8-20-17(21)12-16(19-5-2)14-7-6-13(3)15(18)11-14/h6-8,10-11,16,19H,4-5,9,12H2,1-3H3.